The molecule has 0 saturated heterocycles. The Balaban J connectivity index is 1.30. The number of pyridine rings is 2. The van der Waals surface area contributed by atoms with Crippen molar-refractivity contribution >= 4 is 65.4 Å². The van der Waals surface area contributed by atoms with E-state index < -0.39 is 0 Å². The molecule has 5 heterocycles. The predicted molar refractivity (Wildman–Crippen MR) is 287 cm³/mol. The van der Waals surface area contributed by atoms with E-state index in [2.05, 4.69) is 262 Å². The van der Waals surface area contributed by atoms with Gasteiger partial charge in [0.15, 0.2) is 5.82 Å². The summed E-state index contributed by atoms with van der Waals surface area (Å²) in [5.74, 6) is 0.816. The minimum absolute atomic E-state index is 0.816. The normalized spacial score (nSPS) is 11.8. The molecule has 0 radical (unpaired) electrons. The standard InChI is InChI=1S/C64H41N5/c1-4-22-42(23-5-1)52-40-45(41-53(65-52)43-24-6-2-7-25-43)60-62(67-54-34-16-10-28-46(54)47-29-11-17-35-55(47)67)61(44-26-8-3-9-27-44)66-64(69-58-38-20-14-32-50(58)51-33-15-21-39-59(51)69)63(60)68-56-36-18-12-30-48(56)49-31-13-19-37-57(49)68/h1-41H. The predicted octanol–water partition coefficient (Wildman–Crippen LogP) is 16.4. The fourth-order valence-electron chi connectivity index (χ4n) is 10.9. The molecule has 9 aromatic carbocycles. The Labute approximate surface area is 398 Å². The van der Waals surface area contributed by atoms with Gasteiger partial charge in [-0.3, -0.25) is 4.57 Å². The van der Waals surface area contributed by atoms with E-state index in [-0.39, 0.29) is 0 Å². The second kappa shape index (κ2) is 15.7. The molecule has 0 aliphatic rings. The molecular formula is C64H41N5. The van der Waals surface area contributed by atoms with E-state index in [9.17, 15) is 0 Å². The Morgan fingerprint density at radius 3 is 0.928 bits per heavy atom. The maximum atomic E-state index is 6.18. The highest BCUT2D eigenvalue weighted by Crippen LogP contribution is 2.49. The van der Waals surface area contributed by atoms with E-state index in [1.54, 1.807) is 0 Å². The largest absolute Gasteiger partial charge is 0.306 e. The Bertz CT molecular complexity index is 4080. The fraction of sp³-hybridized carbons (Fsp3) is 0. The van der Waals surface area contributed by atoms with E-state index >= 15 is 0 Å². The van der Waals surface area contributed by atoms with E-state index in [1.165, 1.54) is 32.3 Å². The summed E-state index contributed by atoms with van der Waals surface area (Å²) in [7, 11) is 0. The van der Waals surface area contributed by atoms with Crippen LogP contribution in [-0.2, 0) is 0 Å². The number of para-hydroxylation sites is 6. The van der Waals surface area contributed by atoms with Crippen molar-refractivity contribution in [3.05, 3.63) is 249 Å². The van der Waals surface area contributed by atoms with Crippen LogP contribution in [0.1, 0.15) is 0 Å². The highest BCUT2D eigenvalue weighted by molar-refractivity contribution is 6.15. The first-order valence-corrected chi connectivity index (χ1v) is 23.5. The smallest absolute Gasteiger partial charge is 0.163 e. The number of nitrogens with zero attached hydrogens (tertiary/aromatic N) is 5. The second-order valence-corrected chi connectivity index (χ2v) is 17.7. The van der Waals surface area contributed by atoms with Crippen LogP contribution in [0.4, 0.5) is 0 Å². The van der Waals surface area contributed by atoms with Gasteiger partial charge in [0.2, 0.25) is 0 Å². The molecule has 5 aromatic heterocycles. The fourth-order valence-corrected chi connectivity index (χ4v) is 10.9. The van der Waals surface area contributed by atoms with Gasteiger partial charge in [-0.15, -0.1) is 0 Å². The zero-order chi connectivity index (χ0) is 45.4. The van der Waals surface area contributed by atoms with Gasteiger partial charge in [-0.05, 0) is 54.1 Å². The van der Waals surface area contributed by atoms with E-state index in [0.29, 0.717) is 0 Å². The topological polar surface area (TPSA) is 40.6 Å². The highest BCUT2D eigenvalue weighted by atomic mass is 15.1. The van der Waals surface area contributed by atoms with Crippen LogP contribution < -0.4 is 0 Å². The lowest BCUT2D eigenvalue weighted by Crippen LogP contribution is -2.13. The molecule has 0 unspecified atom stereocenters. The van der Waals surface area contributed by atoms with E-state index in [4.69, 9.17) is 9.97 Å². The molecule has 0 bridgehead atoms. The third kappa shape index (κ3) is 6.04. The Hall–Kier alpha value is -9.32. The molecular weight excluding hydrogens is 839 g/mol. The van der Waals surface area contributed by atoms with Crippen molar-refractivity contribution in [2.75, 3.05) is 0 Å². The SMILES string of the molecule is c1ccc(-c2cc(-c3c(-n4c5ccccc5c5ccccc54)c(-c4ccccc4)nc(-n4c5ccccc5c5ccccc54)c3-n3c4ccccc4c4ccccc43)cc(-c3ccccc3)n2)cc1. The van der Waals surface area contributed by atoms with Crippen molar-refractivity contribution in [3.8, 4) is 62.1 Å². The van der Waals surface area contributed by atoms with Crippen molar-refractivity contribution < 1.29 is 0 Å². The summed E-state index contributed by atoms with van der Waals surface area (Å²) in [6.07, 6.45) is 0. The third-order valence-electron chi connectivity index (χ3n) is 13.8. The minimum Gasteiger partial charge on any atom is -0.306 e. The lowest BCUT2D eigenvalue weighted by molar-refractivity contribution is 1.01. The summed E-state index contributed by atoms with van der Waals surface area (Å²) < 4.78 is 7.38. The van der Waals surface area contributed by atoms with Crippen molar-refractivity contribution in [3.63, 3.8) is 0 Å². The lowest BCUT2D eigenvalue weighted by atomic mass is 9.94. The molecule has 0 amide bonds. The Morgan fingerprint density at radius 2 is 0.551 bits per heavy atom. The maximum Gasteiger partial charge on any atom is 0.163 e. The van der Waals surface area contributed by atoms with Crippen LogP contribution in [-0.4, -0.2) is 23.7 Å². The molecule has 322 valence electrons. The summed E-state index contributed by atoms with van der Waals surface area (Å²) in [4.78, 5) is 11.7. The molecule has 14 aromatic rings. The average Bonchev–Trinajstić information content (AvgIpc) is 4.07. The van der Waals surface area contributed by atoms with Crippen LogP contribution >= 0.6 is 0 Å². The molecule has 69 heavy (non-hydrogen) atoms. The number of fused-ring (bicyclic) bond motifs is 9. The zero-order valence-electron chi connectivity index (χ0n) is 37.4. The van der Waals surface area contributed by atoms with Crippen molar-refractivity contribution in [2.24, 2.45) is 0 Å². The van der Waals surface area contributed by atoms with Gasteiger partial charge in [-0.2, -0.15) is 0 Å². The van der Waals surface area contributed by atoms with Crippen LogP contribution in [0, 0.1) is 0 Å². The first-order chi connectivity index (χ1) is 34.3. The van der Waals surface area contributed by atoms with E-state index in [1.807, 2.05) is 0 Å². The van der Waals surface area contributed by atoms with Crippen LogP contribution in [0.2, 0.25) is 0 Å². The quantitative estimate of drug-likeness (QED) is 0.160. The summed E-state index contributed by atoms with van der Waals surface area (Å²) in [5.41, 5.74) is 16.2. The van der Waals surface area contributed by atoms with Crippen LogP contribution in [0.3, 0.4) is 0 Å². The van der Waals surface area contributed by atoms with Crippen molar-refractivity contribution in [1.29, 1.82) is 0 Å². The minimum atomic E-state index is 0.816. The van der Waals surface area contributed by atoms with Gasteiger partial charge in [0.1, 0.15) is 0 Å². The molecule has 0 aliphatic heterocycles. The molecule has 0 saturated carbocycles. The van der Waals surface area contributed by atoms with Gasteiger partial charge in [-0.1, -0.05) is 200 Å². The number of rotatable bonds is 7. The monoisotopic (exact) mass is 879 g/mol. The lowest BCUT2D eigenvalue weighted by Gasteiger charge is -2.26. The number of hydrogen-bond acceptors (Lipinski definition) is 2. The number of benzene rings is 9. The van der Waals surface area contributed by atoms with Gasteiger partial charge in [0.25, 0.3) is 0 Å². The first-order valence-electron chi connectivity index (χ1n) is 23.5. The summed E-state index contributed by atoms with van der Waals surface area (Å²) in [5, 5.41) is 7.02. The summed E-state index contributed by atoms with van der Waals surface area (Å²) in [6.45, 7) is 0. The van der Waals surface area contributed by atoms with Gasteiger partial charge < -0.3 is 9.13 Å². The van der Waals surface area contributed by atoms with Gasteiger partial charge >= 0.3 is 0 Å². The molecule has 0 aliphatic carbocycles. The average molecular weight is 880 g/mol. The van der Waals surface area contributed by atoms with E-state index in [0.717, 1.165) is 95.2 Å². The second-order valence-electron chi connectivity index (χ2n) is 17.7. The molecule has 0 N–H and O–H groups in total. The molecule has 5 heteroatoms. The highest BCUT2D eigenvalue weighted by Gasteiger charge is 2.31. The summed E-state index contributed by atoms with van der Waals surface area (Å²) in [6, 6.07) is 89.3. The number of hydrogen-bond donors (Lipinski definition) is 0. The summed E-state index contributed by atoms with van der Waals surface area (Å²) >= 11 is 0. The van der Waals surface area contributed by atoms with Crippen LogP contribution in [0.15, 0.2) is 249 Å². The molecule has 0 atom stereocenters. The molecule has 14 rings (SSSR count). The van der Waals surface area contributed by atoms with Gasteiger partial charge in [0.05, 0.1) is 61.6 Å². The molecule has 5 nitrogen and oxygen atoms in total. The Morgan fingerprint density at radius 1 is 0.246 bits per heavy atom. The third-order valence-corrected chi connectivity index (χ3v) is 13.8. The number of aromatic nitrogens is 5. The van der Waals surface area contributed by atoms with Crippen molar-refractivity contribution in [2.45, 2.75) is 0 Å². The Kier molecular flexibility index (Phi) is 8.83. The van der Waals surface area contributed by atoms with Crippen LogP contribution in [0.25, 0.3) is 128 Å². The van der Waals surface area contributed by atoms with Gasteiger partial charge in [-0.25, -0.2) is 9.97 Å². The first kappa shape index (κ1) is 38.9. The zero-order valence-corrected chi connectivity index (χ0v) is 37.4. The molecule has 0 fully saturated rings. The van der Waals surface area contributed by atoms with Crippen LogP contribution in [0.5, 0.6) is 0 Å². The van der Waals surface area contributed by atoms with Crippen molar-refractivity contribution in [1.82, 2.24) is 23.7 Å². The maximum absolute atomic E-state index is 6.18. The van der Waals surface area contributed by atoms with Gasteiger partial charge in [0, 0.05) is 54.6 Å². The molecule has 0 spiro atoms.